The number of morpholine rings is 1. The monoisotopic (exact) mass is 157 g/mol. The van der Waals surface area contributed by atoms with E-state index in [-0.39, 0.29) is 6.23 Å². The number of fused-ring (bicyclic) bond motifs is 2. The smallest absolute Gasteiger partial charge is 0.122 e. The minimum Gasteiger partial charge on any atom is -0.356 e. The molecule has 0 aromatic carbocycles. The van der Waals surface area contributed by atoms with Gasteiger partial charge in [-0.2, -0.15) is 0 Å². The van der Waals surface area contributed by atoms with Gasteiger partial charge in [0.2, 0.25) is 0 Å². The van der Waals surface area contributed by atoms with Crippen molar-refractivity contribution in [1.82, 2.24) is 15.3 Å². The molecule has 2 unspecified atom stereocenters. The molecule has 1 N–H and O–H groups in total. The first-order valence-electron chi connectivity index (χ1n) is 4.07. The van der Waals surface area contributed by atoms with Crippen molar-refractivity contribution in [2.75, 3.05) is 33.7 Å². The molecular weight excluding hydrogens is 142 g/mol. The van der Waals surface area contributed by atoms with Gasteiger partial charge in [0.25, 0.3) is 0 Å². The lowest BCUT2D eigenvalue weighted by molar-refractivity contribution is -0.110. The summed E-state index contributed by atoms with van der Waals surface area (Å²) >= 11 is 0. The summed E-state index contributed by atoms with van der Waals surface area (Å²) in [4.78, 5) is 0. The van der Waals surface area contributed by atoms with Crippen LogP contribution in [0.3, 0.4) is 0 Å². The zero-order chi connectivity index (χ0) is 7.84. The van der Waals surface area contributed by atoms with Crippen molar-refractivity contribution in [2.24, 2.45) is 0 Å². The Morgan fingerprint density at radius 1 is 1.45 bits per heavy atom. The van der Waals surface area contributed by atoms with Crippen molar-refractivity contribution in [1.29, 1.82) is 0 Å². The Bertz CT molecular complexity index is 139. The van der Waals surface area contributed by atoms with E-state index in [2.05, 4.69) is 29.4 Å². The van der Waals surface area contributed by atoms with Crippen LogP contribution in [0.5, 0.6) is 0 Å². The number of hydrogen-bond donors (Lipinski definition) is 1. The lowest BCUT2D eigenvalue weighted by Crippen LogP contribution is -2.50. The molecule has 2 aliphatic heterocycles. The predicted octanol–water partition coefficient (Wildman–Crippen LogP) is -0.907. The molecular formula is C7H15N3O. The molecule has 0 radical (unpaired) electrons. The Balaban J connectivity index is 1.97. The molecule has 0 aliphatic carbocycles. The van der Waals surface area contributed by atoms with Gasteiger partial charge < -0.3 is 4.74 Å². The summed E-state index contributed by atoms with van der Waals surface area (Å²) in [6.07, 6.45) is 0.660. The zero-order valence-corrected chi connectivity index (χ0v) is 7.08. The van der Waals surface area contributed by atoms with Crippen LogP contribution in [-0.4, -0.2) is 56.1 Å². The van der Waals surface area contributed by atoms with Gasteiger partial charge in [0.05, 0.1) is 12.6 Å². The van der Waals surface area contributed by atoms with E-state index >= 15 is 0 Å². The molecule has 2 atom stereocenters. The zero-order valence-electron chi connectivity index (χ0n) is 7.08. The summed E-state index contributed by atoms with van der Waals surface area (Å²) in [6, 6.07) is 0. The topological polar surface area (TPSA) is 27.7 Å². The van der Waals surface area contributed by atoms with Crippen LogP contribution >= 0.6 is 0 Å². The second-order valence-electron chi connectivity index (χ2n) is 3.37. The van der Waals surface area contributed by atoms with Gasteiger partial charge in [-0.15, -0.1) is 0 Å². The van der Waals surface area contributed by atoms with Gasteiger partial charge in [-0.3, -0.25) is 5.32 Å². The van der Waals surface area contributed by atoms with E-state index < -0.39 is 0 Å². The van der Waals surface area contributed by atoms with E-state index in [4.69, 9.17) is 4.74 Å². The second-order valence-corrected chi connectivity index (χ2v) is 3.37. The number of nitrogens with one attached hydrogen (secondary N) is 1. The predicted molar refractivity (Wildman–Crippen MR) is 41.9 cm³/mol. The third-order valence-corrected chi connectivity index (χ3v) is 2.29. The molecule has 2 heterocycles. The standard InChI is InChI=1S/C7H15N3O/c1-9(2)10-4-6-3-8-7(5-10)11-6/h6-8H,3-5H2,1-2H3. The molecule has 2 rings (SSSR count). The minimum atomic E-state index is 0.260. The summed E-state index contributed by atoms with van der Waals surface area (Å²) in [5, 5.41) is 7.75. The summed E-state index contributed by atoms with van der Waals surface area (Å²) in [6.45, 7) is 3.01. The third-order valence-electron chi connectivity index (χ3n) is 2.29. The maximum absolute atomic E-state index is 5.60. The first-order chi connectivity index (χ1) is 5.25. The molecule has 2 bridgehead atoms. The third kappa shape index (κ3) is 1.39. The number of hydrogen-bond acceptors (Lipinski definition) is 4. The van der Waals surface area contributed by atoms with Crippen LogP contribution in [0, 0.1) is 0 Å². The summed E-state index contributed by atoms with van der Waals surface area (Å²) in [7, 11) is 4.15. The Morgan fingerprint density at radius 3 is 2.91 bits per heavy atom. The quantitative estimate of drug-likeness (QED) is 0.533. The van der Waals surface area contributed by atoms with Crippen LogP contribution in [-0.2, 0) is 4.74 Å². The van der Waals surface area contributed by atoms with Gasteiger partial charge in [0.1, 0.15) is 6.23 Å². The van der Waals surface area contributed by atoms with Gasteiger partial charge in [0, 0.05) is 27.2 Å². The Hall–Kier alpha value is -0.160. The number of hydrazine groups is 1. The van der Waals surface area contributed by atoms with E-state index in [1.54, 1.807) is 0 Å². The van der Waals surface area contributed by atoms with Crippen LogP contribution in [0.2, 0.25) is 0 Å². The number of rotatable bonds is 1. The summed E-state index contributed by atoms with van der Waals surface area (Å²) in [5.41, 5.74) is 0. The SMILES string of the molecule is CN(C)N1CC2CNC(C1)O2. The highest BCUT2D eigenvalue weighted by molar-refractivity contribution is 4.82. The molecule has 0 amide bonds. The Labute approximate surface area is 67.1 Å². The molecule has 11 heavy (non-hydrogen) atoms. The first-order valence-corrected chi connectivity index (χ1v) is 4.07. The average molecular weight is 157 g/mol. The van der Waals surface area contributed by atoms with Gasteiger partial charge in [-0.25, -0.2) is 10.0 Å². The lowest BCUT2D eigenvalue weighted by Gasteiger charge is -2.35. The van der Waals surface area contributed by atoms with Gasteiger partial charge in [0.15, 0.2) is 0 Å². The maximum atomic E-state index is 5.60. The van der Waals surface area contributed by atoms with Crippen molar-refractivity contribution in [2.45, 2.75) is 12.3 Å². The highest BCUT2D eigenvalue weighted by Gasteiger charge is 2.33. The lowest BCUT2D eigenvalue weighted by atomic mass is 10.3. The van der Waals surface area contributed by atoms with Crippen LogP contribution in [0.1, 0.15) is 0 Å². The van der Waals surface area contributed by atoms with Crippen molar-refractivity contribution in [3.63, 3.8) is 0 Å². The van der Waals surface area contributed by atoms with Crippen LogP contribution in [0.4, 0.5) is 0 Å². The van der Waals surface area contributed by atoms with E-state index in [1.165, 1.54) is 0 Å². The summed E-state index contributed by atoms with van der Waals surface area (Å²) in [5.74, 6) is 0. The van der Waals surface area contributed by atoms with E-state index in [0.29, 0.717) is 6.10 Å². The van der Waals surface area contributed by atoms with Crippen LogP contribution < -0.4 is 5.32 Å². The highest BCUT2D eigenvalue weighted by atomic mass is 16.5. The molecule has 4 nitrogen and oxygen atoms in total. The number of ether oxygens (including phenoxy) is 1. The molecule has 2 aliphatic rings. The fraction of sp³-hybridized carbons (Fsp3) is 1.00. The van der Waals surface area contributed by atoms with Gasteiger partial charge in [-0.05, 0) is 0 Å². The van der Waals surface area contributed by atoms with Crippen LogP contribution in [0.15, 0.2) is 0 Å². The van der Waals surface area contributed by atoms with E-state index in [9.17, 15) is 0 Å². The van der Waals surface area contributed by atoms with Crippen molar-refractivity contribution >= 4 is 0 Å². The Kier molecular flexibility index (Phi) is 1.85. The number of nitrogens with zero attached hydrogens (tertiary/aromatic N) is 2. The molecule has 0 saturated carbocycles. The second kappa shape index (κ2) is 2.71. The van der Waals surface area contributed by atoms with Crippen molar-refractivity contribution < 1.29 is 4.74 Å². The highest BCUT2D eigenvalue weighted by Crippen LogP contribution is 2.14. The normalized spacial score (nSPS) is 38.5. The fourth-order valence-corrected chi connectivity index (χ4v) is 1.63. The van der Waals surface area contributed by atoms with Crippen molar-refractivity contribution in [3.05, 3.63) is 0 Å². The molecule has 0 aromatic heterocycles. The average Bonchev–Trinajstić information content (AvgIpc) is 2.30. The Morgan fingerprint density at radius 2 is 2.27 bits per heavy atom. The fourth-order valence-electron chi connectivity index (χ4n) is 1.63. The van der Waals surface area contributed by atoms with E-state index in [1.807, 2.05) is 0 Å². The molecule has 0 spiro atoms. The summed E-state index contributed by atoms with van der Waals surface area (Å²) < 4.78 is 5.60. The largest absolute Gasteiger partial charge is 0.356 e. The van der Waals surface area contributed by atoms with E-state index in [0.717, 1.165) is 19.6 Å². The molecule has 2 saturated heterocycles. The van der Waals surface area contributed by atoms with Crippen LogP contribution in [0.25, 0.3) is 0 Å². The molecule has 0 aromatic rings. The first kappa shape index (κ1) is 7.49. The van der Waals surface area contributed by atoms with Gasteiger partial charge in [-0.1, -0.05) is 0 Å². The molecule has 64 valence electrons. The molecule has 4 heteroatoms. The molecule has 2 fully saturated rings. The van der Waals surface area contributed by atoms with Crippen molar-refractivity contribution in [3.8, 4) is 0 Å². The maximum Gasteiger partial charge on any atom is 0.122 e. The minimum absolute atomic E-state index is 0.260. The van der Waals surface area contributed by atoms with Gasteiger partial charge >= 0.3 is 0 Å².